The van der Waals surface area contributed by atoms with E-state index in [0.717, 1.165) is 29.1 Å². The first-order chi connectivity index (χ1) is 18.7. The number of carbonyl (C=O) groups is 1. The second-order valence-corrected chi connectivity index (χ2v) is 10.2. The minimum atomic E-state index is -0.322. The number of aromatic hydroxyl groups is 1. The molecule has 4 rings (SSSR count). The maximum atomic E-state index is 11.7. The number of benzene rings is 3. The second-order valence-electron chi connectivity index (χ2n) is 10.2. The first kappa shape index (κ1) is 29.2. The molecule has 0 fully saturated rings. The van der Waals surface area contributed by atoms with Crippen LogP contribution in [-0.4, -0.2) is 47.2 Å². The second kappa shape index (κ2) is 14.0. The van der Waals surface area contributed by atoms with E-state index in [9.17, 15) is 9.90 Å². The third kappa shape index (κ3) is 8.59. The van der Waals surface area contributed by atoms with E-state index >= 15 is 0 Å². The summed E-state index contributed by atoms with van der Waals surface area (Å²) in [7, 11) is 4.08. The number of hydrogen-bond donors (Lipinski definition) is 3. The Hall–Kier alpha value is -4.34. The maximum Gasteiger partial charge on any atom is 0.296 e. The minimum Gasteiger partial charge on any atom is -0.494 e. The molecule has 1 aromatic heterocycles. The number of amides is 1. The van der Waals surface area contributed by atoms with Crippen LogP contribution in [0.4, 0.5) is 5.69 Å². The van der Waals surface area contributed by atoms with Crippen LogP contribution >= 0.6 is 0 Å². The molecule has 0 aliphatic heterocycles. The molecule has 4 aromatic rings. The molecule has 6 heteroatoms. The third-order valence-corrected chi connectivity index (χ3v) is 5.40. The molecule has 0 aliphatic carbocycles. The number of aliphatic imine (C=N–C) groups is 1. The molecule has 0 atom stereocenters. The van der Waals surface area contributed by atoms with Gasteiger partial charge in [-0.3, -0.25) is 4.79 Å². The van der Waals surface area contributed by atoms with Gasteiger partial charge >= 0.3 is 0 Å². The highest BCUT2D eigenvalue weighted by atomic mass is 16.3. The molecule has 6 nitrogen and oxygen atoms in total. The van der Waals surface area contributed by atoms with Gasteiger partial charge in [0.1, 0.15) is 0 Å². The Morgan fingerprint density at radius 3 is 2.31 bits per heavy atom. The Labute approximate surface area is 231 Å². The van der Waals surface area contributed by atoms with E-state index < -0.39 is 0 Å². The van der Waals surface area contributed by atoms with Crippen LogP contribution in [0.2, 0.25) is 0 Å². The highest BCUT2D eigenvalue weighted by Crippen LogP contribution is 2.32. The highest BCUT2D eigenvalue weighted by molar-refractivity contribution is 6.22. The zero-order chi connectivity index (χ0) is 28.4. The highest BCUT2D eigenvalue weighted by Gasteiger charge is 2.19. The van der Waals surface area contributed by atoms with Gasteiger partial charge in [0.25, 0.3) is 5.91 Å². The summed E-state index contributed by atoms with van der Waals surface area (Å²) in [6.45, 7) is 9.73. The van der Waals surface area contributed by atoms with Crippen molar-refractivity contribution in [2.75, 3.05) is 20.6 Å². The summed E-state index contributed by atoms with van der Waals surface area (Å²) in [5, 5.41) is 14.4. The summed E-state index contributed by atoms with van der Waals surface area (Å²) in [6.07, 6.45) is 0. The molecule has 3 N–H and O–H groups in total. The molecule has 0 bridgehead atoms. The van der Waals surface area contributed by atoms with E-state index in [1.54, 1.807) is 0 Å². The van der Waals surface area contributed by atoms with Gasteiger partial charge < -0.3 is 20.3 Å². The fourth-order valence-electron chi connectivity index (χ4n) is 3.87. The van der Waals surface area contributed by atoms with Crippen molar-refractivity contribution >= 4 is 28.2 Å². The molecule has 0 unspecified atom stereocenters. The molecular formula is C33H38N4O2. The smallest absolute Gasteiger partial charge is 0.296 e. The van der Waals surface area contributed by atoms with Crippen molar-refractivity contribution in [1.82, 2.24) is 15.2 Å². The normalized spacial score (nSPS) is 11.1. The monoisotopic (exact) mass is 522 g/mol. The maximum absolute atomic E-state index is 11.7. The fraction of sp³-hybridized carbons (Fsp3) is 0.273. The largest absolute Gasteiger partial charge is 0.494 e. The molecule has 1 amide bonds. The molecule has 0 spiro atoms. The van der Waals surface area contributed by atoms with Gasteiger partial charge in [-0.25, -0.2) is 4.99 Å². The van der Waals surface area contributed by atoms with Crippen molar-refractivity contribution in [1.29, 1.82) is 0 Å². The Morgan fingerprint density at radius 2 is 1.69 bits per heavy atom. The van der Waals surface area contributed by atoms with Gasteiger partial charge in [-0.1, -0.05) is 75.2 Å². The quantitative estimate of drug-likeness (QED) is 0.207. The van der Waals surface area contributed by atoms with Gasteiger partial charge in [-0.15, -0.1) is 0 Å². The van der Waals surface area contributed by atoms with E-state index in [1.165, 1.54) is 5.56 Å². The van der Waals surface area contributed by atoms with Crippen LogP contribution in [0, 0.1) is 17.8 Å². The number of fused-ring (bicyclic) bond motifs is 1. The molecule has 202 valence electrons. The SMILES string of the molecule is CC(C)C.CCNC(=O)C#Cc1ccc2c(C(=Nc3ccc(CN(C)C)cc3)c3ccccc3)c(O)[nH]c2c1. The molecule has 0 radical (unpaired) electrons. The summed E-state index contributed by atoms with van der Waals surface area (Å²) >= 11 is 0. The molecule has 3 aromatic carbocycles. The van der Waals surface area contributed by atoms with Crippen molar-refractivity contribution in [2.45, 2.75) is 34.2 Å². The summed E-state index contributed by atoms with van der Waals surface area (Å²) in [5.41, 5.74) is 5.55. The first-order valence-corrected chi connectivity index (χ1v) is 13.2. The van der Waals surface area contributed by atoms with Gasteiger partial charge in [-0.2, -0.15) is 0 Å². The number of aromatic nitrogens is 1. The van der Waals surface area contributed by atoms with Crippen molar-refractivity contribution in [2.24, 2.45) is 10.9 Å². The Morgan fingerprint density at radius 1 is 1.03 bits per heavy atom. The Kier molecular flexibility index (Phi) is 10.5. The summed E-state index contributed by atoms with van der Waals surface area (Å²) in [6, 6.07) is 23.5. The van der Waals surface area contributed by atoms with Gasteiger partial charge in [0.2, 0.25) is 0 Å². The van der Waals surface area contributed by atoms with E-state index in [1.807, 2.05) is 81.7 Å². The Balaban J connectivity index is 0.000000983. The van der Waals surface area contributed by atoms with Crippen LogP contribution < -0.4 is 5.32 Å². The van der Waals surface area contributed by atoms with Gasteiger partial charge in [0.15, 0.2) is 5.88 Å². The number of nitrogens with one attached hydrogen (secondary N) is 2. The average Bonchev–Trinajstić information content (AvgIpc) is 3.21. The van der Waals surface area contributed by atoms with Crippen molar-refractivity contribution in [3.8, 4) is 17.7 Å². The van der Waals surface area contributed by atoms with E-state index in [-0.39, 0.29) is 11.8 Å². The number of hydrogen-bond acceptors (Lipinski definition) is 4. The lowest BCUT2D eigenvalue weighted by molar-refractivity contribution is -0.115. The number of H-pyrrole nitrogens is 1. The van der Waals surface area contributed by atoms with Crippen molar-refractivity contribution < 1.29 is 9.90 Å². The predicted octanol–water partition coefficient (Wildman–Crippen LogP) is 6.25. The standard InChI is InChI=1S/C29H28N4O2.C4H10/c1-4-30-26(34)17-13-20-12-16-24-25(18-20)32-29(35)27(24)28(22-8-6-5-7-9-22)31-23-14-10-21(11-15-23)19-33(2)3;1-4(2)3/h5-12,14-16,18,32,35H,4,19H2,1-3H3,(H,30,34);4H,1-3H3. The molecule has 1 heterocycles. The number of rotatable bonds is 6. The fourth-order valence-corrected chi connectivity index (χ4v) is 3.87. The van der Waals surface area contributed by atoms with Gasteiger partial charge in [0.05, 0.1) is 22.5 Å². The number of nitrogens with zero attached hydrogens (tertiary/aromatic N) is 2. The van der Waals surface area contributed by atoms with Crippen LogP contribution in [0.1, 0.15) is 49.9 Å². The number of carbonyl (C=O) groups excluding carboxylic acids is 1. The predicted molar refractivity (Wildman–Crippen MR) is 162 cm³/mol. The first-order valence-electron chi connectivity index (χ1n) is 13.2. The van der Waals surface area contributed by atoms with Crippen LogP contribution in [0.3, 0.4) is 0 Å². The lowest BCUT2D eigenvalue weighted by atomic mass is 10.00. The molecular weight excluding hydrogens is 484 g/mol. The molecule has 0 saturated heterocycles. The van der Waals surface area contributed by atoms with E-state index in [2.05, 4.69) is 59.9 Å². The summed E-state index contributed by atoms with van der Waals surface area (Å²) in [4.78, 5) is 21.8. The van der Waals surface area contributed by atoms with E-state index in [0.29, 0.717) is 28.9 Å². The van der Waals surface area contributed by atoms with Crippen molar-refractivity contribution in [3.05, 3.63) is 95.1 Å². The number of aromatic amines is 1. The van der Waals surface area contributed by atoms with Crippen LogP contribution in [0.5, 0.6) is 5.88 Å². The van der Waals surface area contributed by atoms with Crippen LogP contribution in [0.25, 0.3) is 10.9 Å². The topological polar surface area (TPSA) is 80.7 Å². The summed E-state index contributed by atoms with van der Waals surface area (Å²) < 4.78 is 0. The third-order valence-electron chi connectivity index (χ3n) is 5.40. The average molecular weight is 523 g/mol. The lowest BCUT2D eigenvalue weighted by Crippen LogP contribution is -2.20. The van der Waals surface area contributed by atoms with Gasteiger partial charge in [0, 0.05) is 35.5 Å². The zero-order valence-corrected chi connectivity index (χ0v) is 23.7. The molecule has 39 heavy (non-hydrogen) atoms. The molecule has 0 saturated carbocycles. The van der Waals surface area contributed by atoms with E-state index in [4.69, 9.17) is 4.99 Å². The summed E-state index contributed by atoms with van der Waals surface area (Å²) in [5.74, 6) is 5.99. The lowest BCUT2D eigenvalue weighted by Gasteiger charge is -2.10. The minimum absolute atomic E-state index is 0.0284. The van der Waals surface area contributed by atoms with Crippen LogP contribution in [-0.2, 0) is 11.3 Å². The van der Waals surface area contributed by atoms with Crippen LogP contribution in [0.15, 0.2) is 77.8 Å². The van der Waals surface area contributed by atoms with Crippen molar-refractivity contribution in [3.63, 3.8) is 0 Å². The zero-order valence-electron chi connectivity index (χ0n) is 23.7. The Bertz CT molecular complexity index is 1470. The van der Waals surface area contributed by atoms with Gasteiger partial charge in [-0.05, 0) is 56.8 Å². The molecule has 0 aliphatic rings.